The first-order chi connectivity index (χ1) is 6.56. The van der Waals surface area contributed by atoms with E-state index >= 15 is 0 Å². The van der Waals surface area contributed by atoms with Crippen molar-refractivity contribution in [3.8, 4) is 0 Å². The van der Waals surface area contributed by atoms with Crippen molar-refractivity contribution in [1.82, 2.24) is 4.98 Å². The van der Waals surface area contributed by atoms with E-state index in [4.69, 9.17) is 5.73 Å². The number of hydrogen-bond donors (Lipinski definition) is 1. The van der Waals surface area contributed by atoms with Crippen molar-refractivity contribution in [2.75, 3.05) is 17.2 Å². The van der Waals surface area contributed by atoms with Gasteiger partial charge in [-0.15, -0.1) is 0 Å². The first-order valence-electron chi connectivity index (χ1n) is 5.05. The number of rotatable bonds is 3. The van der Waals surface area contributed by atoms with Crippen LogP contribution >= 0.6 is 0 Å². The Balaban J connectivity index is 3.00. The highest BCUT2D eigenvalue weighted by molar-refractivity contribution is 5.52. The highest BCUT2D eigenvalue weighted by Gasteiger charge is 2.09. The van der Waals surface area contributed by atoms with Crippen LogP contribution in [0.2, 0.25) is 0 Å². The van der Waals surface area contributed by atoms with Crippen LogP contribution in [0.4, 0.5) is 11.5 Å². The Kier molecular flexibility index (Phi) is 3.33. The Bertz CT molecular complexity index is 307. The minimum atomic E-state index is 0.468. The Morgan fingerprint density at radius 1 is 1.50 bits per heavy atom. The van der Waals surface area contributed by atoms with Gasteiger partial charge in [0.15, 0.2) is 0 Å². The monoisotopic (exact) mass is 193 g/mol. The van der Waals surface area contributed by atoms with Gasteiger partial charge in [0.25, 0.3) is 0 Å². The number of nitrogen functional groups attached to an aromatic ring is 1. The van der Waals surface area contributed by atoms with Crippen molar-refractivity contribution in [2.45, 2.75) is 33.7 Å². The number of anilines is 2. The second kappa shape index (κ2) is 4.31. The Morgan fingerprint density at radius 3 is 2.57 bits per heavy atom. The maximum absolute atomic E-state index is 5.73. The Hall–Kier alpha value is -1.25. The third-order valence-electron chi connectivity index (χ3n) is 2.40. The first kappa shape index (κ1) is 10.8. The van der Waals surface area contributed by atoms with Gasteiger partial charge < -0.3 is 10.6 Å². The van der Waals surface area contributed by atoms with Gasteiger partial charge in [0, 0.05) is 12.6 Å². The van der Waals surface area contributed by atoms with E-state index in [1.165, 1.54) is 0 Å². The summed E-state index contributed by atoms with van der Waals surface area (Å²) in [6.45, 7) is 9.43. The van der Waals surface area contributed by atoms with Crippen LogP contribution in [-0.4, -0.2) is 17.6 Å². The molecule has 0 aliphatic heterocycles. The molecule has 0 fully saturated rings. The summed E-state index contributed by atoms with van der Waals surface area (Å²) in [4.78, 5) is 6.57. The fourth-order valence-corrected chi connectivity index (χ4v) is 1.50. The standard InChI is InChI=1S/C11H19N3/c1-5-14(8(2)3)11-6-9(4)10(12)7-13-11/h6-8H,5,12H2,1-4H3. The molecule has 0 saturated carbocycles. The molecule has 1 aromatic heterocycles. The van der Waals surface area contributed by atoms with Crippen LogP contribution in [0.5, 0.6) is 0 Å². The molecule has 1 rings (SSSR count). The predicted octanol–water partition coefficient (Wildman–Crippen LogP) is 2.21. The summed E-state index contributed by atoms with van der Waals surface area (Å²) in [5.41, 5.74) is 7.58. The zero-order valence-corrected chi connectivity index (χ0v) is 9.41. The van der Waals surface area contributed by atoms with E-state index in [1.807, 2.05) is 13.0 Å². The molecule has 0 amide bonds. The number of aromatic nitrogens is 1. The van der Waals surface area contributed by atoms with Crippen LogP contribution in [0.15, 0.2) is 12.3 Å². The Labute approximate surface area is 85.9 Å². The van der Waals surface area contributed by atoms with Gasteiger partial charge in [-0.05, 0) is 39.3 Å². The number of aryl methyl sites for hydroxylation is 1. The molecule has 0 aliphatic rings. The van der Waals surface area contributed by atoms with Crippen LogP contribution in [0.1, 0.15) is 26.3 Å². The molecule has 0 atom stereocenters. The predicted molar refractivity (Wildman–Crippen MR) is 61.5 cm³/mol. The molecule has 1 aromatic rings. The van der Waals surface area contributed by atoms with Crippen molar-refractivity contribution in [1.29, 1.82) is 0 Å². The highest BCUT2D eigenvalue weighted by Crippen LogP contribution is 2.18. The highest BCUT2D eigenvalue weighted by atomic mass is 15.2. The summed E-state index contributed by atoms with van der Waals surface area (Å²) in [7, 11) is 0. The lowest BCUT2D eigenvalue weighted by Gasteiger charge is -2.26. The zero-order chi connectivity index (χ0) is 10.7. The van der Waals surface area contributed by atoms with Crippen molar-refractivity contribution >= 4 is 11.5 Å². The number of nitrogens with zero attached hydrogens (tertiary/aromatic N) is 2. The van der Waals surface area contributed by atoms with Gasteiger partial charge >= 0.3 is 0 Å². The second-order valence-corrected chi connectivity index (χ2v) is 3.78. The normalized spacial score (nSPS) is 10.6. The van der Waals surface area contributed by atoms with E-state index in [9.17, 15) is 0 Å². The van der Waals surface area contributed by atoms with Crippen molar-refractivity contribution in [3.63, 3.8) is 0 Å². The van der Waals surface area contributed by atoms with Gasteiger partial charge in [-0.2, -0.15) is 0 Å². The topological polar surface area (TPSA) is 42.1 Å². The largest absolute Gasteiger partial charge is 0.397 e. The number of nitrogens with two attached hydrogens (primary N) is 1. The molecular formula is C11H19N3. The number of pyridine rings is 1. The van der Waals surface area contributed by atoms with Crippen LogP contribution in [0.3, 0.4) is 0 Å². The molecule has 0 aromatic carbocycles. The van der Waals surface area contributed by atoms with Gasteiger partial charge in [0.1, 0.15) is 5.82 Å². The third-order valence-corrected chi connectivity index (χ3v) is 2.40. The Morgan fingerprint density at radius 2 is 2.14 bits per heavy atom. The molecule has 0 saturated heterocycles. The van der Waals surface area contributed by atoms with E-state index < -0.39 is 0 Å². The van der Waals surface area contributed by atoms with Gasteiger partial charge in [0.2, 0.25) is 0 Å². The maximum atomic E-state index is 5.73. The lowest BCUT2D eigenvalue weighted by Crippen LogP contribution is -2.31. The SMILES string of the molecule is CCN(c1cc(C)c(N)cn1)C(C)C. The quantitative estimate of drug-likeness (QED) is 0.800. The first-order valence-corrected chi connectivity index (χ1v) is 5.05. The molecule has 0 radical (unpaired) electrons. The summed E-state index contributed by atoms with van der Waals surface area (Å²) in [5, 5.41) is 0. The van der Waals surface area contributed by atoms with Crippen molar-refractivity contribution in [2.24, 2.45) is 0 Å². The van der Waals surface area contributed by atoms with Crippen molar-refractivity contribution in [3.05, 3.63) is 17.8 Å². The minimum absolute atomic E-state index is 0.468. The van der Waals surface area contributed by atoms with Gasteiger partial charge in [0.05, 0.1) is 11.9 Å². The molecule has 0 aliphatic carbocycles. The van der Waals surface area contributed by atoms with Crippen LogP contribution in [-0.2, 0) is 0 Å². The molecule has 3 heteroatoms. The fourth-order valence-electron chi connectivity index (χ4n) is 1.50. The van der Waals surface area contributed by atoms with E-state index in [0.717, 1.165) is 23.6 Å². The summed E-state index contributed by atoms with van der Waals surface area (Å²) < 4.78 is 0. The zero-order valence-electron chi connectivity index (χ0n) is 9.41. The molecule has 0 bridgehead atoms. The molecule has 3 nitrogen and oxygen atoms in total. The lowest BCUT2D eigenvalue weighted by molar-refractivity contribution is 0.693. The molecule has 2 N–H and O–H groups in total. The lowest BCUT2D eigenvalue weighted by atomic mass is 10.2. The molecule has 1 heterocycles. The fraction of sp³-hybridized carbons (Fsp3) is 0.545. The second-order valence-electron chi connectivity index (χ2n) is 3.78. The van der Waals surface area contributed by atoms with Gasteiger partial charge in [-0.1, -0.05) is 0 Å². The van der Waals surface area contributed by atoms with E-state index in [0.29, 0.717) is 6.04 Å². The van der Waals surface area contributed by atoms with Crippen LogP contribution in [0.25, 0.3) is 0 Å². The van der Waals surface area contributed by atoms with Crippen LogP contribution in [0, 0.1) is 6.92 Å². The number of hydrogen-bond acceptors (Lipinski definition) is 3. The summed E-state index contributed by atoms with van der Waals surface area (Å²) in [6, 6.07) is 2.51. The van der Waals surface area contributed by atoms with E-state index in [-0.39, 0.29) is 0 Å². The summed E-state index contributed by atoms with van der Waals surface area (Å²) in [6.07, 6.45) is 1.73. The molecule has 78 valence electrons. The summed E-state index contributed by atoms with van der Waals surface area (Å²) in [5.74, 6) is 1.01. The average molecular weight is 193 g/mol. The average Bonchev–Trinajstić information content (AvgIpc) is 2.11. The van der Waals surface area contributed by atoms with E-state index in [2.05, 4.69) is 30.7 Å². The maximum Gasteiger partial charge on any atom is 0.129 e. The molecule has 0 spiro atoms. The van der Waals surface area contributed by atoms with E-state index in [1.54, 1.807) is 6.20 Å². The van der Waals surface area contributed by atoms with Gasteiger partial charge in [-0.25, -0.2) is 4.98 Å². The minimum Gasteiger partial charge on any atom is -0.397 e. The molecular weight excluding hydrogens is 174 g/mol. The molecule has 0 unspecified atom stereocenters. The third kappa shape index (κ3) is 2.16. The van der Waals surface area contributed by atoms with Crippen LogP contribution < -0.4 is 10.6 Å². The smallest absolute Gasteiger partial charge is 0.129 e. The van der Waals surface area contributed by atoms with Crippen molar-refractivity contribution < 1.29 is 0 Å². The molecule has 14 heavy (non-hydrogen) atoms. The summed E-state index contributed by atoms with van der Waals surface area (Å²) >= 11 is 0. The van der Waals surface area contributed by atoms with Gasteiger partial charge in [-0.3, -0.25) is 0 Å².